The van der Waals surface area contributed by atoms with Gasteiger partial charge in [0.2, 0.25) is 0 Å². The SMILES string of the molecule is COc1cccc([C@H]2O[C@H](Cc3ncc(C(C)C(=O)O)o3)C(=O)N(CC(C)C(C)O)c3ccc(Cl)cc32)c1OC. The molecular formula is C29H33ClN2O8. The second-order valence-corrected chi connectivity index (χ2v) is 10.3. The highest BCUT2D eigenvalue weighted by Crippen LogP contribution is 2.45. The Labute approximate surface area is 237 Å². The molecule has 1 aliphatic rings. The van der Waals surface area contributed by atoms with Crippen LogP contribution in [0.15, 0.2) is 47.0 Å². The smallest absolute Gasteiger partial charge is 0.313 e. The molecule has 0 saturated heterocycles. The van der Waals surface area contributed by atoms with Crippen LogP contribution in [-0.4, -0.2) is 60.0 Å². The summed E-state index contributed by atoms with van der Waals surface area (Å²) in [7, 11) is 3.05. The van der Waals surface area contributed by atoms with E-state index in [-0.39, 0.29) is 36.4 Å². The topological polar surface area (TPSA) is 132 Å². The van der Waals surface area contributed by atoms with Gasteiger partial charge in [-0.05, 0) is 44.0 Å². The number of aliphatic hydroxyl groups excluding tert-OH is 1. The van der Waals surface area contributed by atoms with Crippen molar-refractivity contribution in [2.24, 2.45) is 5.92 Å². The summed E-state index contributed by atoms with van der Waals surface area (Å²) in [5.74, 6) is -1.34. The van der Waals surface area contributed by atoms with Crippen molar-refractivity contribution in [1.29, 1.82) is 0 Å². The molecule has 11 heteroatoms. The molecule has 0 bridgehead atoms. The molecule has 2 heterocycles. The summed E-state index contributed by atoms with van der Waals surface area (Å²) in [6, 6.07) is 10.6. The Hall–Kier alpha value is -3.60. The third kappa shape index (κ3) is 5.94. The summed E-state index contributed by atoms with van der Waals surface area (Å²) >= 11 is 6.45. The minimum Gasteiger partial charge on any atom is -0.493 e. The molecule has 10 nitrogen and oxygen atoms in total. The lowest BCUT2D eigenvalue weighted by Crippen LogP contribution is -2.44. The van der Waals surface area contributed by atoms with Crippen molar-refractivity contribution in [3.8, 4) is 11.5 Å². The number of carbonyl (C=O) groups excluding carboxylic acids is 1. The number of methoxy groups -OCH3 is 2. The first-order chi connectivity index (χ1) is 19.0. The maximum atomic E-state index is 14.1. The van der Waals surface area contributed by atoms with Gasteiger partial charge in [0.25, 0.3) is 5.91 Å². The van der Waals surface area contributed by atoms with Crippen LogP contribution < -0.4 is 14.4 Å². The van der Waals surface area contributed by atoms with E-state index in [0.29, 0.717) is 33.3 Å². The van der Waals surface area contributed by atoms with E-state index in [0.717, 1.165) is 0 Å². The molecule has 3 aromatic rings. The summed E-state index contributed by atoms with van der Waals surface area (Å²) in [5.41, 5.74) is 1.81. The number of carboxylic acid groups (broad SMARTS) is 1. The first-order valence-corrected chi connectivity index (χ1v) is 13.3. The lowest BCUT2D eigenvalue weighted by molar-refractivity contribution is -0.138. The fourth-order valence-corrected chi connectivity index (χ4v) is 4.77. The normalized spacial score (nSPS) is 19.4. The van der Waals surface area contributed by atoms with E-state index in [9.17, 15) is 19.8 Å². The van der Waals surface area contributed by atoms with Crippen LogP contribution in [0.5, 0.6) is 11.5 Å². The van der Waals surface area contributed by atoms with Gasteiger partial charge in [0.15, 0.2) is 17.4 Å². The number of benzene rings is 2. The van der Waals surface area contributed by atoms with E-state index in [4.69, 9.17) is 30.2 Å². The van der Waals surface area contributed by atoms with Crippen molar-refractivity contribution in [1.82, 2.24) is 4.98 Å². The number of aliphatic hydroxyl groups is 1. The Bertz CT molecular complexity index is 1370. The molecule has 0 saturated carbocycles. The number of para-hydroxylation sites is 1. The van der Waals surface area contributed by atoms with E-state index in [2.05, 4.69) is 4.98 Å². The van der Waals surface area contributed by atoms with E-state index in [1.165, 1.54) is 27.3 Å². The highest BCUT2D eigenvalue weighted by Gasteiger charge is 2.39. The van der Waals surface area contributed by atoms with Gasteiger partial charge in [-0.15, -0.1) is 0 Å². The molecule has 0 spiro atoms. The predicted molar refractivity (Wildman–Crippen MR) is 147 cm³/mol. The molecule has 1 aliphatic heterocycles. The second-order valence-electron chi connectivity index (χ2n) is 9.88. The van der Waals surface area contributed by atoms with Gasteiger partial charge in [-0.1, -0.05) is 30.7 Å². The Kier molecular flexibility index (Phi) is 9.02. The average molecular weight is 573 g/mol. The van der Waals surface area contributed by atoms with Gasteiger partial charge in [-0.3, -0.25) is 9.59 Å². The van der Waals surface area contributed by atoms with Crippen LogP contribution in [-0.2, 0) is 20.7 Å². The summed E-state index contributed by atoms with van der Waals surface area (Å²) < 4.78 is 23.5. The monoisotopic (exact) mass is 572 g/mol. The Balaban J connectivity index is 1.85. The number of carbonyl (C=O) groups is 2. The quantitative estimate of drug-likeness (QED) is 0.357. The summed E-state index contributed by atoms with van der Waals surface area (Å²) in [4.78, 5) is 31.4. The van der Waals surface area contributed by atoms with Crippen molar-refractivity contribution in [2.45, 2.75) is 51.4 Å². The molecule has 4 rings (SSSR count). The predicted octanol–water partition coefficient (Wildman–Crippen LogP) is 4.61. The number of anilines is 1. The number of aromatic nitrogens is 1. The third-order valence-corrected chi connectivity index (χ3v) is 7.38. The van der Waals surface area contributed by atoms with Crippen LogP contribution in [0.4, 0.5) is 5.69 Å². The molecule has 0 radical (unpaired) electrons. The van der Waals surface area contributed by atoms with Gasteiger partial charge in [0, 0.05) is 28.4 Å². The summed E-state index contributed by atoms with van der Waals surface area (Å²) in [6.45, 7) is 5.22. The number of halogens is 1. The fourth-order valence-electron chi connectivity index (χ4n) is 4.59. The number of fused-ring (bicyclic) bond motifs is 1. The molecule has 214 valence electrons. The van der Waals surface area contributed by atoms with Crippen molar-refractivity contribution >= 4 is 29.2 Å². The Morgan fingerprint density at radius 2 is 1.90 bits per heavy atom. The lowest BCUT2D eigenvalue weighted by Gasteiger charge is -2.28. The zero-order chi connectivity index (χ0) is 29.1. The number of hydrogen-bond acceptors (Lipinski definition) is 8. The Morgan fingerprint density at radius 1 is 1.15 bits per heavy atom. The summed E-state index contributed by atoms with van der Waals surface area (Å²) in [6.07, 6.45) is -1.28. The first kappa shape index (κ1) is 29.4. The number of carboxylic acids is 1. The number of rotatable bonds is 10. The van der Waals surface area contributed by atoms with Crippen molar-refractivity contribution < 1.29 is 38.4 Å². The van der Waals surface area contributed by atoms with Gasteiger partial charge in [-0.2, -0.15) is 0 Å². The van der Waals surface area contributed by atoms with E-state index < -0.39 is 30.2 Å². The van der Waals surface area contributed by atoms with Gasteiger partial charge in [-0.25, -0.2) is 4.98 Å². The van der Waals surface area contributed by atoms with Crippen LogP contribution >= 0.6 is 11.6 Å². The number of nitrogens with zero attached hydrogens (tertiary/aromatic N) is 2. The maximum absolute atomic E-state index is 14.1. The molecule has 1 amide bonds. The van der Waals surface area contributed by atoms with Gasteiger partial charge >= 0.3 is 5.97 Å². The third-order valence-electron chi connectivity index (χ3n) is 7.14. The molecule has 2 N–H and O–H groups in total. The molecule has 0 aliphatic carbocycles. The van der Waals surface area contributed by atoms with Crippen LogP contribution in [0.25, 0.3) is 0 Å². The van der Waals surface area contributed by atoms with Crippen LogP contribution in [0, 0.1) is 5.92 Å². The molecule has 5 atom stereocenters. The zero-order valence-electron chi connectivity index (χ0n) is 23.0. The highest BCUT2D eigenvalue weighted by molar-refractivity contribution is 6.30. The van der Waals surface area contributed by atoms with Gasteiger partial charge in [0.1, 0.15) is 23.9 Å². The van der Waals surface area contributed by atoms with E-state index in [1.54, 1.807) is 42.2 Å². The second kappa shape index (κ2) is 12.3. The van der Waals surface area contributed by atoms with Crippen LogP contribution in [0.2, 0.25) is 5.02 Å². The standard InChI is InChI=1S/C29H33ClN2O8/c1-15(17(3)33)14-32-21-10-9-18(30)11-20(21)26(19-7-6-8-22(37-4)27(19)38-5)40-23(28(32)34)12-25-31-13-24(39-25)16(2)29(35)36/h6-11,13,15-17,23,26,33H,12,14H2,1-5H3,(H,35,36)/t15?,16?,17?,23-,26-/m1/s1. The highest BCUT2D eigenvalue weighted by atomic mass is 35.5. The number of aliphatic carboxylic acids is 1. The number of oxazole rings is 1. The van der Waals surface area contributed by atoms with Crippen molar-refractivity contribution in [3.05, 3.63) is 70.4 Å². The minimum atomic E-state index is -1.08. The van der Waals surface area contributed by atoms with Gasteiger partial charge < -0.3 is 33.7 Å². The molecule has 1 aromatic heterocycles. The summed E-state index contributed by atoms with van der Waals surface area (Å²) in [5, 5.41) is 20.1. The first-order valence-electron chi connectivity index (χ1n) is 12.9. The molecule has 2 aromatic carbocycles. The largest absolute Gasteiger partial charge is 0.493 e. The molecular weight excluding hydrogens is 540 g/mol. The van der Waals surface area contributed by atoms with Gasteiger partial charge in [0.05, 0.1) is 32.9 Å². The average Bonchev–Trinajstić information content (AvgIpc) is 3.37. The Morgan fingerprint density at radius 3 is 2.55 bits per heavy atom. The van der Waals surface area contributed by atoms with Crippen molar-refractivity contribution in [2.75, 3.05) is 25.7 Å². The van der Waals surface area contributed by atoms with Crippen molar-refractivity contribution in [3.63, 3.8) is 0 Å². The maximum Gasteiger partial charge on any atom is 0.313 e. The molecule has 40 heavy (non-hydrogen) atoms. The lowest BCUT2D eigenvalue weighted by atomic mass is 9.97. The van der Waals surface area contributed by atoms with E-state index >= 15 is 0 Å². The molecule has 0 fully saturated rings. The zero-order valence-corrected chi connectivity index (χ0v) is 23.7. The number of hydrogen-bond donors (Lipinski definition) is 2. The number of ether oxygens (including phenoxy) is 3. The van der Waals surface area contributed by atoms with Crippen LogP contribution in [0.1, 0.15) is 55.6 Å². The van der Waals surface area contributed by atoms with E-state index in [1.807, 2.05) is 13.0 Å². The number of amides is 1. The van der Waals surface area contributed by atoms with Crippen LogP contribution in [0.3, 0.4) is 0 Å². The fraction of sp³-hybridized carbons (Fsp3) is 0.414. The molecule has 3 unspecified atom stereocenters. The minimum absolute atomic E-state index is 0.0603.